The molecule has 2 aliphatic heterocycles. The summed E-state index contributed by atoms with van der Waals surface area (Å²) < 4.78 is 1.45. The number of imide groups is 1. The fourth-order valence-electron chi connectivity index (χ4n) is 3.40. The van der Waals surface area contributed by atoms with Gasteiger partial charge in [-0.2, -0.15) is 9.48 Å². The second-order valence-corrected chi connectivity index (χ2v) is 7.47. The quantitative estimate of drug-likeness (QED) is 0.778. The number of thioether (sulfide) groups is 1. The van der Waals surface area contributed by atoms with Crippen molar-refractivity contribution >= 4 is 40.4 Å². The zero-order chi connectivity index (χ0) is 17.3. The van der Waals surface area contributed by atoms with Gasteiger partial charge in [-0.3, -0.25) is 4.79 Å². The van der Waals surface area contributed by atoms with Crippen molar-refractivity contribution in [3.05, 3.63) is 0 Å². The van der Waals surface area contributed by atoms with Crippen LogP contribution >= 0.6 is 11.8 Å². The van der Waals surface area contributed by atoms with Crippen LogP contribution in [-0.2, 0) is 4.79 Å². The van der Waals surface area contributed by atoms with Gasteiger partial charge in [-0.15, -0.1) is 11.8 Å². The number of amides is 3. The van der Waals surface area contributed by atoms with E-state index in [1.165, 1.54) is 29.8 Å². The van der Waals surface area contributed by atoms with Gasteiger partial charge in [0.1, 0.15) is 5.04 Å². The number of aliphatic imine (C=N–C) groups is 2. The predicted octanol–water partition coefficient (Wildman–Crippen LogP) is 1.35. The molecule has 1 fully saturated rings. The molecule has 24 heavy (non-hydrogen) atoms. The minimum absolute atomic E-state index is 0.0143. The first-order valence-corrected chi connectivity index (χ1v) is 9.36. The van der Waals surface area contributed by atoms with Crippen molar-refractivity contribution < 1.29 is 19.3 Å². The van der Waals surface area contributed by atoms with Crippen LogP contribution < -0.4 is 0 Å². The molecule has 2 heterocycles. The third-order valence-corrected chi connectivity index (χ3v) is 5.78. The van der Waals surface area contributed by atoms with E-state index in [1.54, 1.807) is 7.05 Å². The molecular weight excluding hydrogens is 328 g/mol. The Morgan fingerprint density at radius 1 is 1.25 bits per heavy atom. The highest BCUT2D eigenvalue weighted by Gasteiger charge is 2.49. The summed E-state index contributed by atoms with van der Waals surface area (Å²) in [4.78, 5) is 35.3. The van der Waals surface area contributed by atoms with Crippen LogP contribution in [0, 0.1) is 11.8 Å². The van der Waals surface area contributed by atoms with Crippen LogP contribution in [0.4, 0.5) is 4.79 Å². The Morgan fingerprint density at radius 2 is 1.96 bits per heavy atom. The molecule has 7 nitrogen and oxygen atoms in total. The lowest BCUT2D eigenvalue weighted by Gasteiger charge is -2.28. The SMILES string of the molecule is CN1C(=O)C2C(SCCO)=NC(C3CCCCC3)=NC2=[N+](C)C1=O. The Morgan fingerprint density at radius 3 is 2.62 bits per heavy atom. The molecule has 1 aliphatic carbocycles. The molecule has 3 aliphatic rings. The van der Waals surface area contributed by atoms with Crippen molar-refractivity contribution in [3.8, 4) is 0 Å². The Balaban J connectivity index is 2.02. The lowest BCUT2D eigenvalue weighted by atomic mass is 9.88. The number of hydrogen-bond acceptors (Lipinski definition) is 6. The molecule has 0 bridgehead atoms. The number of nitrogens with zero attached hydrogens (tertiary/aromatic N) is 4. The van der Waals surface area contributed by atoms with Crippen LogP contribution in [0.15, 0.2) is 9.98 Å². The largest absolute Gasteiger partial charge is 0.445 e. The van der Waals surface area contributed by atoms with Crippen molar-refractivity contribution in [1.29, 1.82) is 0 Å². The number of aliphatic hydroxyl groups is 1. The molecule has 3 amide bonds. The molecule has 1 atom stereocenters. The molecule has 0 aromatic rings. The summed E-state index contributed by atoms with van der Waals surface area (Å²) in [6, 6.07) is -0.369. The van der Waals surface area contributed by atoms with Gasteiger partial charge in [0.05, 0.1) is 20.7 Å². The van der Waals surface area contributed by atoms with E-state index in [-0.39, 0.29) is 24.5 Å². The molecule has 0 aromatic heterocycles. The van der Waals surface area contributed by atoms with Crippen LogP contribution in [0.25, 0.3) is 0 Å². The van der Waals surface area contributed by atoms with Crippen molar-refractivity contribution in [2.24, 2.45) is 21.8 Å². The lowest BCUT2D eigenvalue weighted by Crippen LogP contribution is -2.55. The molecule has 0 radical (unpaired) electrons. The number of hydrogen-bond donors (Lipinski definition) is 1. The van der Waals surface area contributed by atoms with Gasteiger partial charge in [-0.25, -0.2) is 9.79 Å². The van der Waals surface area contributed by atoms with E-state index in [0.717, 1.165) is 36.4 Å². The Kier molecular flexibility index (Phi) is 5.15. The van der Waals surface area contributed by atoms with Crippen molar-refractivity contribution in [3.63, 3.8) is 0 Å². The van der Waals surface area contributed by atoms with Gasteiger partial charge in [0, 0.05) is 11.7 Å². The summed E-state index contributed by atoms with van der Waals surface area (Å²) in [5.74, 6) is 1.02. The van der Waals surface area contributed by atoms with Gasteiger partial charge in [0.15, 0.2) is 5.92 Å². The Hall–Kier alpha value is -1.54. The van der Waals surface area contributed by atoms with E-state index in [2.05, 4.69) is 9.98 Å². The summed E-state index contributed by atoms with van der Waals surface area (Å²) in [6.07, 6.45) is 5.65. The number of fused-ring (bicyclic) bond motifs is 1. The maximum absolute atomic E-state index is 12.6. The van der Waals surface area contributed by atoms with E-state index in [4.69, 9.17) is 5.11 Å². The van der Waals surface area contributed by atoms with Gasteiger partial charge < -0.3 is 5.11 Å². The average Bonchev–Trinajstić information content (AvgIpc) is 2.62. The van der Waals surface area contributed by atoms with Crippen LogP contribution in [0.5, 0.6) is 0 Å². The zero-order valence-electron chi connectivity index (χ0n) is 14.1. The second kappa shape index (κ2) is 7.14. The highest BCUT2D eigenvalue weighted by Crippen LogP contribution is 2.31. The van der Waals surface area contributed by atoms with E-state index < -0.39 is 5.92 Å². The van der Waals surface area contributed by atoms with E-state index in [0.29, 0.717) is 16.6 Å². The van der Waals surface area contributed by atoms with Gasteiger partial charge in [0.25, 0.3) is 5.84 Å². The summed E-state index contributed by atoms with van der Waals surface area (Å²) in [6.45, 7) is 0.0143. The highest BCUT2D eigenvalue weighted by molar-refractivity contribution is 8.14. The fourth-order valence-corrected chi connectivity index (χ4v) is 4.23. The molecule has 1 unspecified atom stereocenters. The maximum atomic E-state index is 12.6. The number of urea groups is 1. The minimum Gasteiger partial charge on any atom is -0.396 e. The fraction of sp³-hybridized carbons (Fsp3) is 0.688. The molecule has 0 spiro atoms. The van der Waals surface area contributed by atoms with Crippen molar-refractivity contribution in [2.45, 2.75) is 32.1 Å². The van der Waals surface area contributed by atoms with Crippen molar-refractivity contribution in [2.75, 3.05) is 26.5 Å². The molecule has 1 saturated carbocycles. The second-order valence-electron chi connectivity index (χ2n) is 6.36. The topological polar surface area (TPSA) is 85.3 Å². The number of amidine groups is 2. The maximum Gasteiger partial charge on any atom is 0.445 e. The monoisotopic (exact) mass is 351 g/mol. The van der Waals surface area contributed by atoms with E-state index in [1.807, 2.05) is 0 Å². The Bertz CT molecular complexity index is 650. The predicted molar refractivity (Wildman–Crippen MR) is 93.8 cm³/mol. The first-order valence-electron chi connectivity index (χ1n) is 8.37. The minimum atomic E-state index is -0.637. The summed E-state index contributed by atoms with van der Waals surface area (Å²) >= 11 is 1.37. The molecule has 1 N–H and O–H groups in total. The molecule has 3 rings (SSSR count). The summed E-state index contributed by atoms with van der Waals surface area (Å²) in [7, 11) is 3.13. The van der Waals surface area contributed by atoms with E-state index >= 15 is 0 Å². The smallest absolute Gasteiger partial charge is 0.396 e. The number of carbonyl (C=O) groups excluding carboxylic acids is 2. The van der Waals surface area contributed by atoms with Crippen LogP contribution in [0.3, 0.4) is 0 Å². The van der Waals surface area contributed by atoms with Crippen LogP contribution in [0.2, 0.25) is 0 Å². The normalized spacial score (nSPS) is 25.6. The third-order valence-electron chi connectivity index (χ3n) is 4.77. The van der Waals surface area contributed by atoms with Gasteiger partial charge in [0.2, 0.25) is 5.84 Å². The molecule has 8 heteroatoms. The molecule has 0 aromatic carbocycles. The standard InChI is InChI=1S/C16H23N4O3S/c1-19-13-11(15(22)20(2)16(19)23)14(24-9-8-21)18-12(17-13)10-6-4-3-5-7-10/h10-11,21H,3-9H2,1-2H3/q+1. The van der Waals surface area contributed by atoms with Crippen molar-refractivity contribution in [1.82, 2.24) is 4.90 Å². The summed E-state index contributed by atoms with van der Waals surface area (Å²) in [5.41, 5.74) is 0. The Labute approximate surface area is 145 Å². The number of rotatable bonds is 3. The lowest BCUT2D eigenvalue weighted by molar-refractivity contribution is -0.407. The molecule has 130 valence electrons. The first-order chi connectivity index (χ1) is 11.5. The van der Waals surface area contributed by atoms with Gasteiger partial charge in [-0.05, 0) is 12.8 Å². The highest BCUT2D eigenvalue weighted by atomic mass is 32.2. The van der Waals surface area contributed by atoms with Gasteiger partial charge >= 0.3 is 11.9 Å². The summed E-state index contributed by atoms with van der Waals surface area (Å²) in [5, 5.41) is 9.79. The number of carbonyl (C=O) groups is 2. The van der Waals surface area contributed by atoms with Crippen LogP contribution in [0.1, 0.15) is 32.1 Å². The van der Waals surface area contributed by atoms with E-state index in [9.17, 15) is 9.59 Å². The third kappa shape index (κ3) is 3.04. The number of aliphatic hydroxyl groups excluding tert-OH is 1. The van der Waals surface area contributed by atoms with Crippen LogP contribution in [-0.4, -0.2) is 69.7 Å². The molecule has 0 saturated heterocycles. The average molecular weight is 351 g/mol. The molecular formula is C16H23N4O3S+. The first kappa shape index (κ1) is 17.3. The zero-order valence-corrected chi connectivity index (χ0v) is 14.9. The van der Waals surface area contributed by atoms with Gasteiger partial charge in [-0.1, -0.05) is 24.3 Å².